The molecule has 0 radical (unpaired) electrons. The fourth-order valence-electron chi connectivity index (χ4n) is 4.20. The quantitative estimate of drug-likeness (QED) is 0.289. The van der Waals surface area contributed by atoms with Gasteiger partial charge >= 0.3 is 5.97 Å². The number of thioether (sulfide) groups is 1. The number of aliphatic carboxylic acids is 1. The van der Waals surface area contributed by atoms with Crippen molar-refractivity contribution in [1.82, 2.24) is 0 Å². The molecule has 3 nitrogen and oxygen atoms in total. The molecule has 0 spiro atoms. The van der Waals surface area contributed by atoms with Crippen LogP contribution in [0.4, 0.5) is 10.1 Å². The normalized spacial score (nSPS) is 18.2. The van der Waals surface area contributed by atoms with Crippen LogP contribution in [0.25, 0.3) is 6.08 Å². The monoisotopic (exact) mass is 447 g/mol. The summed E-state index contributed by atoms with van der Waals surface area (Å²) in [6.45, 7) is 0. The molecule has 1 aliphatic rings. The Morgan fingerprint density at radius 1 is 1.06 bits per heavy atom. The van der Waals surface area contributed by atoms with Gasteiger partial charge in [0.15, 0.2) is 0 Å². The number of carboxylic acid groups (broad SMARTS) is 1. The molecule has 3 aromatic rings. The molecule has 1 fully saturated rings. The van der Waals surface area contributed by atoms with Crippen molar-refractivity contribution in [2.75, 3.05) is 5.32 Å². The third-order valence-electron chi connectivity index (χ3n) is 5.79. The summed E-state index contributed by atoms with van der Waals surface area (Å²) in [7, 11) is 0. The smallest absolute Gasteiger partial charge is 0.328 e. The lowest BCUT2D eigenvalue weighted by Gasteiger charge is -2.18. The molecule has 2 N–H and O–H groups in total. The highest BCUT2D eigenvalue weighted by Gasteiger charge is 2.26. The molecule has 5 heteroatoms. The molecular formula is C27H26FNO2S. The van der Waals surface area contributed by atoms with E-state index in [2.05, 4.69) is 23.5 Å². The van der Waals surface area contributed by atoms with Crippen LogP contribution in [0.1, 0.15) is 41.9 Å². The molecule has 0 aliphatic heterocycles. The largest absolute Gasteiger partial charge is 0.478 e. The summed E-state index contributed by atoms with van der Waals surface area (Å²) < 4.78 is 13.6. The summed E-state index contributed by atoms with van der Waals surface area (Å²) >= 11 is 1.73. The summed E-state index contributed by atoms with van der Waals surface area (Å²) in [6, 6.07) is 23.6. The third kappa shape index (κ3) is 6.01. The summed E-state index contributed by atoms with van der Waals surface area (Å²) in [5.74, 6) is 0.0315. The zero-order valence-electron chi connectivity index (χ0n) is 17.7. The Morgan fingerprint density at radius 2 is 1.91 bits per heavy atom. The Labute approximate surface area is 192 Å². The first kappa shape index (κ1) is 22.2. The molecule has 2 unspecified atom stereocenters. The molecule has 0 bridgehead atoms. The van der Waals surface area contributed by atoms with E-state index in [-0.39, 0.29) is 11.9 Å². The number of hydrogen-bond donors (Lipinski definition) is 2. The van der Waals surface area contributed by atoms with E-state index in [4.69, 9.17) is 5.11 Å². The van der Waals surface area contributed by atoms with E-state index < -0.39 is 5.97 Å². The molecule has 2 atom stereocenters. The average molecular weight is 448 g/mol. The van der Waals surface area contributed by atoms with Crippen LogP contribution in [-0.4, -0.2) is 17.1 Å². The molecule has 0 amide bonds. The second-order valence-corrected chi connectivity index (χ2v) is 9.15. The van der Waals surface area contributed by atoms with Crippen molar-refractivity contribution in [3.8, 4) is 0 Å². The van der Waals surface area contributed by atoms with Gasteiger partial charge in [-0.15, -0.1) is 11.8 Å². The fraction of sp³-hybridized carbons (Fsp3) is 0.222. The maximum absolute atomic E-state index is 13.6. The van der Waals surface area contributed by atoms with Crippen LogP contribution in [0.5, 0.6) is 0 Å². The predicted molar refractivity (Wildman–Crippen MR) is 130 cm³/mol. The van der Waals surface area contributed by atoms with Crippen LogP contribution in [0.15, 0.2) is 83.8 Å². The Bertz CT molecular complexity index is 1100. The number of carbonyl (C=O) groups is 1. The Balaban J connectivity index is 1.46. The lowest BCUT2D eigenvalue weighted by molar-refractivity contribution is -0.131. The third-order valence-corrected chi connectivity index (χ3v) is 6.85. The molecule has 0 aromatic heterocycles. The maximum Gasteiger partial charge on any atom is 0.328 e. The van der Waals surface area contributed by atoms with E-state index >= 15 is 0 Å². The van der Waals surface area contributed by atoms with Crippen molar-refractivity contribution in [2.24, 2.45) is 0 Å². The molecule has 3 aromatic carbocycles. The number of carboxylic acids is 1. The number of benzene rings is 3. The first-order valence-electron chi connectivity index (χ1n) is 10.8. The minimum atomic E-state index is -0.967. The molecule has 0 saturated heterocycles. The highest BCUT2D eigenvalue weighted by Crippen LogP contribution is 2.37. The topological polar surface area (TPSA) is 49.3 Å². The zero-order valence-corrected chi connectivity index (χ0v) is 18.5. The summed E-state index contributed by atoms with van der Waals surface area (Å²) in [6.07, 6.45) is 5.75. The minimum absolute atomic E-state index is 0.191. The molecule has 0 heterocycles. The fourth-order valence-corrected chi connectivity index (χ4v) is 5.10. The van der Waals surface area contributed by atoms with Crippen LogP contribution in [-0.2, 0) is 10.5 Å². The SMILES string of the molecule is O=C(O)C=Cc1cc(SCc2ccccc2)ccc1NC1CCC(c2cccc(F)c2)C1. The van der Waals surface area contributed by atoms with E-state index in [0.717, 1.165) is 46.7 Å². The minimum Gasteiger partial charge on any atom is -0.478 e. The molecule has 164 valence electrons. The van der Waals surface area contributed by atoms with Crippen LogP contribution in [0.2, 0.25) is 0 Å². The molecular weight excluding hydrogens is 421 g/mol. The van der Waals surface area contributed by atoms with E-state index in [1.165, 1.54) is 17.7 Å². The second kappa shape index (κ2) is 10.5. The van der Waals surface area contributed by atoms with Crippen LogP contribution in [0.3, 0.4) is 0 Å². The number of hydrogen-bond acceptors (Lipinski definition) is 3. The highest BCUT2D eigenvalue weighted by molar-refractivity contribution is 7.98. The number of halogens is 1. The Hall–Kier alpha value is -3.05. The van der Waals surface area contributed by atoms with Gasteiger partial charge in [-0.3, -0.25) is 0 Å². The number of rotatable bonds is 8. The van der Waals surface area contributed by atoms with Crippen molar-refractivity contribution in [3.05, 3.63) is 101 Å². The van der Waals surface area contributed by atoms with Crippen LogP contribution in [0, 0.1) is 5.82 Å². The number of nitrogens with one attached hydrogen (secondary N) is 1. The van der Waals surface area contributed by atoms with Crippen LogP contribution < -0.4 is 5.32 Å². The van der Waals surface area contributed by atoms with Gasteiger partial charge in [0, 0.05) is 28.5 Å². The van der Waals surface area contributed by atoms with E-state index in [1.807, 2.05) is 36.4 Å². The van der Waals surface area contributed by atoms with Gasteiger partial charge in [0.1, 0.15) is 5.82 Å². The first-order chi connectivity index (χ1) is 15.6. The second-order valence-electron chi connectivity index (χ2n) is 8.10. The lowest BCUT2D eigenvalue weighted by Crippen LogP contribution is -2.16. The van der Waals surface area contributed by atoms with Gasteiger partial charge in [0.05, 0.1) is 0 Å². The molecule has 4 rings (SSSR count). The molecule has 32 heavy (non-hydrogen) atoms. The van der Waals surface area contributed by atoms with Crippen molar-refractivity contribution in [1.29, 1.82) is 0 Å². The zero-order chi connectivity index (χ0) is 22.3. The summed E-state index contributed by atoms with van der Waals surface area (Å²) in [4.78, 5) is 12.2. The van der Waals surface area contributed by atoms with Crippen molar-refractivity contribution in [3.63, 3.8) is 0 Å². The van der Waals surface area contributed by atoms with Gasteiger partial charge in [0.2, 0.25) is 0 Å². The Morgan fingerprint density at radius 3 is 2.69 bits per heavy atom. The van der Waals surface area contributed by atoms with E-state index in [1.54, 1.807) is 30.0 Å². The van der Waals surface area contributed by atoms with E-state index in [0.29, 0.717) is 5.92 Å². The van der Waals surface area contributed by atoms with Crippen LogP contribution >= 0.6 is 11.8 Å². The maximum atomic E-state index is 13.6. The average Bonchev–Trinajstić information content (AvgIpc) is 3.27. The Kier molecular flexibility index (Phi) is 7.28. The van der Waals surface area contributed by atoms with Gasteiger partial charge in [-0.05, 0) is 78.3 Å². The lowest BCUT2D eigenvalue weighted by atomic mass is 9.97. The van der Waals surface area contributed by atoms with Gasteiger partial charge in [0.25, 0.3) is 0 Å². The molecule has 1 saturated carbocycles. The van der Waals surface area contributed by atoms with Crippen molar-refractivity contribution in [2.45, 2.75) is 41.9 Å². The van der Waals surface area contributed by atoms with Gasteiger partial charge in [-0.2, -0.15) is 0 Å². The van der Waals surface area contributed by atoms with Gasteiger partial charge in [-0.1, -0.05) is 42.5 Å². The predicted octanol–water partition coefficient (Wildman–Crippen LogP) is 6.96. The number of anilines is 1. The van der Waals surface area contributed by atoms with Gasteiger partial charge < -0.3 is 10.4 Å². The van der Waals surface area contributed by atoms with Crippen molar-refractivity contribution >= 4 is 29.5 Å². The molecule has 1 aliphatic carbocycles. The van der Waals surface area contributed by atoms with Crippen molar-refractivity contribution < 1.29 is 14.3 Å². The summed E-state index contributed by atoms with van der Waals surface area (Å²) in [5, 5.41) is 12.7. The van der Waals surface area contributed by atoms with E-state index in [9.17, 15) is 9.18 Å². The standard InChI is InChI=1S/C27H26FNO2S/c28-23-8-4-7-20(15-23)21-9-11-24(16-21)29-26-13-12-25(17-22(26)10-14-27(30)31)32-18-19-5-2-1-3-6-19/h1-8,10,12-15,17,21,24,29H,9,11,16,18H2,(H,30,31). The first-order valence-corrected chi connectivity index (χ1v) is 11.8. The van der Waals surface area contributed by atoms with Gasteiger partial charge in [-0.25, -0.2) is 9.18 Å². The highest BCUT2D eigenvalue weighted by atomic mass is 32.2. The summed E-state index contributed by atoms with van der Waals surface area (Å²) in [5.41, 5.74) is 4.08.